The maximum atomic E-state index is 12.2. The van der Waals surface area contributed by atoms with Gasteiger partial charge >= 0.3 is 0 Å². The lowest BCUT2D eigenvalue weighted by Gasteiger charge is -2.12. The second-order valence-corrected chi connectivity index (χ2v) is 7.92. The van der Waals surface area contributed by atoms with Gasteiger partial charge in [0.15, 0.2) is 15.8 Å². The first-order valence-electron chi connectivity index (χ1n) is 7.98. The molecule has 142 valence electrons. The van der Waals surface area contributed by atoms with Gasteiger partial charge in [-0.25, -0.2) is 8.42 Å². The van der Waals surface area contributed by atoms with Crippen LogP contribution in [0.15, 0.2) is 64.5 Å². The Morgan fingerprint density at radius 1 is 1.00 bits per heavy atom. The van der Waals surface area contributed by atoms with Gasteiger partial charge in [0.25, 0.3) is 0 Å². The van der Waals surface area contributed by atoms with E-state index in [1.54, 1.807) is 37.4 Å². The van der Waals surface area contributed by atoms with Gasteiger partial charge in [-0.15, -0.1) is 24.0 Å². The summed E-state index contributed by atoms with van der Waals surface area (Å²) in [4.78, 5) is 4.43. The van der Waals surface area contributed by atoms with Crippen LogP contribution in [0.5, 0.6) is 0 Å². The summed E-state index contributed by atoms with van der Waals surface area (Å²) in [5.41, 5.74) is 1.05. The molecule has 0 aliphatic carbocycles. The van der Waals surface area contributed by atoms with Gasteiger partial charge in [0.2, 0.25) is 0 Å². The third kappa shape index (κ3) is 7.13. The lowest BCUT2D eigenvalue weighted by molar-refractivity contribution is 0.594. The number of hydrogen-bond acceptors (Lipinski definition) is 3. The quantitative estimate of drug-likeness (QED) is 0.343. The number of guanidine groups is 1. The average molecular weight is 508 g/mol. The third-order valence-corrected chi connectivity index (χ3v) is 5.73. The highest BCUT2D eigenvalue weighted by Crippen LogP contribution is 2.14. The molecular weight excluding hydrogens is 485 g/mol. The summed E-state index contributed by atoms with van der Waals surface area (Å²) < 4.78 is 24.4. The number of rotatable bonds is 7. The predicted octanol–water partition coefficient (Wildman–Crippen LogP) is 3.14. The minimum Gasteiger partial charge on any atom is -0.356 e. The van der Waals surface area contributed by atoms with E-state index in [-0.39, 0.29) is 36.3 Å². The second-order valence-electron chi connectivity index (χ2n) is 5.40. The summed E-state index contributed by atoms with van der Waals surface area (Å²) in [5.74, 6) is 0.567. The fourth-order valence-corrected chi connectivity index (χ4v) is 3.70. The molecule has 0 spiro atoms. The van der Waals surface area contributed by atoms with Crippen molar-refractivity contribution < 1.29 is 8.42 Å². The largest absolute Gasteiger partial charge is 0.356 e. The van der Waals surface area contributed by atoms with Crippen molar-refractivity contribution in [2.75, 3.05) is 25.9 Å². The lowest BCUT2D eigenvalue weighted by Crippen LogP contribution is -2.40. The van der Waals surface area contributed by atoms with E-state index in [1.807, 2.05) is 24.3 Å². The minimum atomic E-state index is -3.30. The zero-order valence-corrected chi connectivity index (χ0v) is 18.4. The van der Waals surface area contributed by atoms with Crippen molar-refractivity contribution in [2.24, 2.45) is 4.99 Å². The highest BCUT2D eigenvalue weighted by atomic mass is 127. The fraction of sp³-hybridized carbons (Fsp3) is 0.278. The number of hydrogen-bond donors (Lipinski definition) is 2. The van der Waals surface area contributed by atoms with E-state index in [9.17, 15) is 8.42 Å². The molecule has 0 aromatic heterocycles. The fourth-order valence-electron chi connectivity index (χ4n) is 2.29. The molecular formula is C18H23ClIN3O2S. The maximum Gasteiger partial charge on any atom is 0.191 e. The number of aliphatic imine (C=N–C) groups is 1. The van der Waals surface area contributed by atoms with E-state index in [0.717, 1.165) is 17.0 Å². The highest BCUT2D eigenvalue weighted by Gasteiger charge is 2.13. The maximum absolute atomic E-state index is 12.2. The predicted molar refractivity (Wildman–Crippen MR) is 118 cm³/mol. The molecule has 8 heteroatoms. The van der Waals surface area contributed by atoms with Crippen LogP contribution in [0.1, 0.15) is 5.56 Å². The van der Waals surface area contributed by atoms with Crippen LogP contribution < -0.4 is 10.6 Å². The van der Waals surface area contributed by atoms with Gasteiger partial charge in [0, 0.05) is 25.2 Å². The summed E-state index contributed by atoms with van der Waals surface area (Å²) in [6, 6.07) is 16.1. The number of nitrogens with one attached hydrogen (secondary N) is 2. The Balaban J connectivity index is 0.00000338. The molecule has 0 atom stereocenters. The number of nitrogens with zero attached hydrogens (tertiary/aromatic N) is 1. The molecule has 0 saturated carbocycles. The standard InChI is InChI=1S/C18H22ClN3O2S.HI/c1-20-18(21-12-11-15-7-5-6-10-17(15)19)22-13-14-25(23,24)16-8-3-2-4-9-16;/h2-10H,11-14H2,1H3,(H2,20,21,22);1H. The van der Waals surface area contributed by atoms with Crippen molar-refractivity contribution in [3.63, 3.8) is 0 Å². The minimum absolute atomic E-state index is 0. The van der Waals surface area contributed by atoms with Crippen LogP contribution >= 0.6 is 35.6 Å². The van der Waals surface area contributed by atoms with Crippen LogP contribution in [0.4, 0.5) is 0 Å². The lowest BCUT2D eigenvalue weighted by atomic mass is 10.1. The van der Waals surface area contributed by atoms with Crippen molar-refractivity contribution in [1.82, 2.24) is 10.6 Å². The Hall–Kier alpha value is -1.32. The monoisotopic (exact) mass is 507 g/mol. The molecule has 0 aliphatic rings. The molecule has 0 saturated heterocycles. The molecule has 2 N–H and O–H groups in total. The third-order valence-electron chi connectivity index (χ3n) is 3.63. The van der Waals surface area contributed by atoms with Gasteiger partial charge in [-0.3, -0.25) is 4.99 Å². The molecule has 2 rings (SSSR count). The number of benzene rings is 2. The number of halogens is 2. The van der Waals surface area contributed by atoms with Gasteiger partial charge in [0.05, 0.1) is 10.6 Å². The topological polar surface area (TPSA) is 70.6 Å². The van der Waals surface area contributed by atoms with Crippen molar-refractivity contribution in [1.29, 1.82) is 0 Å². The first-order valence-corrected chi connectivity index (χ1v) is 10.0. The van der Waals surface area contributed by atoms with E-state index in [4.69, 9.17) is 11.6 Å². The van der Waals surface area contributed by atoms with Gasteiger partial charge in [-0.1, -0.05) is 48.0 Å². The zero-order chi connectivity index (χ0) is 18.1. The van der Waals surface area contributed by atoms with Crippen LogP contribution in [0.2, 0.25) is 5.02 Å². The number of sulfone groups is 1. The molecule has 0 bridgehead atoms. The Morgan fingerprint density at radius 2 is 1.62 bits per heavy atom. The van der Waals surface area contributed by atoms with Crippen LogP contribution in [-0.4, -0.2) is 40.3 Å². The van der Waals surface area contributed by atoms with Crippen molar-refractivity contribution in [3.05, 3.63) is 65.2 Å². The normalized spacial score (nSPS) is 11.5. The van der Waals surface area contributed by atoms with E-state index in [0.29, 0.717) is 17.4 Å². The summed E-state index contributed by atoms with van der Waals surface area (Å²) in [5, 5.41) is 6.92. The van der Waals surface area contributed by atoms with E-state index < -0.39 is 9.84 Å². The van der Waals surface area contributed by atoms with Gasteiger partial charge < -0.3 is 10.6 Å². The van der Waals surface area contributed by atoms with Crippen LogP contribution in [0, 0.1) is 0 Å². The molecule has 2 aromatic rings. The van der Waals surface area contributed by atoms with E-state index in [1.165, 1.54) is 0 Å². The summed E-state index contributed by atoms with van der Waals surface area (Å²) in [7, 11) is -1.65. The SMILES string of the molecule is CN=C(NCCc1ccccc1Cl)NCCS(=O)(=O)c1ccccc1.I. The van der Waals surface area contributed by atoms with Crippen molar-refractivity contribution in [3.8, 4) is 0 Å². The van der Waals surface area contributed by atoms with Crippen LogP contribution in [0.3, 0.4) is 0 Å². The van der Waals surface area contributed by atoms with Gasteiger partial charge in [0.1, 0.15) is 0 Å². The Kier molecular flexibility index (Phi) is 9.97. The Morgan fingerprint density at radius 3 is 2.27 bits per heavy atom. The average Bonchev–Trinajstić information content (AvgIpc) is 2.62. The zero-order valence-electron chi connectivity index (χ0n) is 14.5. The van der Waals surface area contributed by atoms with Gasteiger partial charge in [-0.05, 0) is 30.2 Å². The first kappa shape index (κ1) is 22.7. The molecule has 0 amide bonds. The summed E-state index contributed by atoms with van der Waals surface area (Å²) in [6.07, 6.45) is 0.753. The molecule has 0 heterocycles. The molecule has 0 fully saturated rings. The van der Waals surface area contributed by atoms with E-state index >= 15 is 0 Å². The van der Waals surface area contributed by atoms with Gasteiger partial charge in [-0.2, -0.15) is 0 Å². The smallest absolute Gasteiger partial charge is 0.191 e. The molecule has 2 aromatic carbocycles. The van der Waals surface area contributed by atoms with E-state index in [2.05, 4.69) is 15.6 Å². The summed E-state index contributed by atoms with van der Waals surface area (Å²) >= 11 is 6.13. The van der Waals surface area contributed by atoms with Crippen molar-refractivity contribution in [2.45, 2.75) is 11.3 Å². The molecule has 26 heavy (non-hydrogen) atoms. The molecule has 0 aliphatic heterocycles. The Bertz CT molecular complexity index is 814. The first-order chi connectivity index (χ1) is 12.0. The summed E-state index contributed by atoms with van der Waals surface area (Å²) in [6.45, 7) is 0.928. The molecule has 5 nitrogen and oxygen atoms in total. The van der Waals surface area contributed by atoms with Crippen LogP contribution in [0.25, 0.3) is 0 Å². The van der Waals surface area contributed by atoms with Crippen LogP contribution in [-0.2, 0) is 16.3 Å². The Labute approximate surface area is 177 Å². The van der Waals surface area contributed by atoms with Crippen molar-refractivity contribution >= 4 is 51.4 Å². The highest BCUT2D eigenvalue weighted by molar-refractivity contribution is 14.0. The second kappa shape index (κ2) is 11.4. The molecule has 0 unspecified atom stereocenters. The molecule has 0 radical (unpaired) electrons.